The Morgan fingerprint density at radius 1 is 1.00 bits per heavy atom. The first-order valence-corrected chi connectivity index (χ1v) is 14.4. The number of hydrogen-bond acceptors (Lipinski definition) is 5. The van der Waals surface area contributed by atoms with Crippen LogP contribution in [0.25, 0.3) is 11.3 Å². The van der Waals surface area contributed by atoms with Crippen molar-refractivity contribution in [1.29, 1.82) is 0 Å². The molecule has 0 spiro atoms. The minimum Gasteiger partial charge on any atom is -0.490 e. The van der Waals surface area contributed by atoms with E-state index in [1.54, 1.807) is 54.9 Å². The molecule has 2 fully saturated rings. The minimum absolute atomic E-state index is 0.0452. The molecule has 3 aromatic carbocycles. The number of halogens is 2. The number of anilines is 1. The van der Waals surface area contributed by atoms with Crippen LogP contribution in [0.3, 0.4) is 0 Å². The number of rotatable bonds is 9. The van der Waals surface area contributed by atoms with Crippen LogP contribution in [0.4, 0.5) is 10.1 Å². The van der Waals surface area contributed by atoms with Crippen LogP contribution >= 0.6 is 11.6 Å². The van der Waals surface area contributed by atoms with Gasteiger partial charge in [0, 0.05) is 41.9 Å². The van der Waals surface area contributed by atoms with Crippen molar-refractivity contribution < 1.29 is 23.8 Å². The first kappa shape index (κ1) is 27.9. The van der Waals surface area contributed by atoms with Crippen LogP contribution in [0.2, 0.25) is 5.02 Å². The fourth-order valence-electron chi connectivity index (χ4n) is 5.31. The monoisotopic (exact) mass is 588 g/mol. The number of likely N-dealkylation sites (tertiary alicyclic amines) is 1. The summed E-state index contributed by atoms with van der Waals surface area (Å²) in [7, 11) is 0. The first-order chi connectivity index (χ1) is 20.3. The number of nitrogens with zero attached hydrogens (tertiary/aromatic N) is 3. The third-order valence-corrected chi connectivity index (χ3v) is 8.07. The molecule has 1 aromatic heterocycles. The number of aromatic nitrogens is 2. The number of imidazole rings is 1. The van der Waals surface area contributed by atoms with Crippen LogP contribution in [-0.2, 0) is 6.54 Å². The normalized spacial score (nSPS) is 15.9. The summed E-state index contributed by atoms with van der Waals surface area (Å²) in [6.07, 6.45) is 5.43. The molecule has 1 amide bonds. The molecule has 216 valence electrons. The molecular formula is C32H30ClFN4O4. The number of amides is 1. The number of carbonyl (C=O) groups excluding carboxylic acids is 1. The number of nitrogens with one attached hydrogen (secondary N) is 1. The lowest BCUT2D eigenvalue weighted by molar-refractivity contribution is 0.0696. The Bertz CT molecular complexity index is 1590. The van der Waals surface area contributed by atoms with Crippen LogP contribution in [0, 0.1) is 5.82 Å². The van der Waals surface area contributed by atoms with Crippen molar-refractivity contribution in [3.05, 3.63) is 101 Å². The van der Waals surface area contributed by atoms with Gasteiger partial charge in [0.1, 0.15) is 17.7 Å². The zero-order chi connectivity index (χ0) is 29.2. The highest BCUT2D eigenvalue weighted by molar-refractivity contribution is 6.31. The van der Waals surface area contributed by atoms with Gasteiger partial charge in [-0.2, -0.15) is 0 Å². The number of benzene rings is 3. The summed E-state index contributed by atoms with van der Waals surface area (Å²) in [6.45, 7) is 2.24. The predicted octanol–water partition coefficient (Wildman–Crippen LogP) is 6.67. The Kier molecular flexibility index (Phi) is 7.95. The third kappa shape index (κ3) is 6.32. The van der Waals surface area contributed by atoms with Crippen molar-refractivity contribution in [3.63, 3.8) is 0 Å². The third-order valence-electron chi connectivity index (χ3n) is 7.70. The summed E-state index contributed by atoms with van der Waals surface area (Å²) in [4.78, 5) is 31.2. The maximum atomic E-state index is 13.6. The highest BCUT2D eigenvalue weighted by Crippen LogP contribution is 2.39. The van der Waals surface area contributed by atoms with Crippen molar-refractivity contribution in [2.75, 3.05) is 18.4 Å². The van der Waals surface area contributed by atoms with Gasteiger partial charge in [0.15, 0.2) is 5.69 Å². The molecule has 2 aliphatic rings. The van der Waals surface area contributed by atoms with E-state index in [1.807, 2.05) is 10.6 Å². The Morgan fingerprint density at radius 3 is 2.38 bits per heavy atom. The lowest BCUT2D eigenvalue weighted by atomic mass is 10.1. The van der Waals surface area contributed by atoms with Crippen molar-refractivity contribution >= 4 is 29.2 Å². The molecule has 1 saturated heterocycles. The van der Waals surface area contributed by atoms with E-state index in [2.05, 4.69) is 15.2 Å². The molecule has 1 aliphatic carbocycles. The molecule has 8 nitrogen and oxygen atoms in total. The smallest absolute Gasteiger partial charge is 0.335 e. The van der Waals surface area contributed by atoms with E-state index in [9.17, 15) is 14.0 Å². The van der Waals surface area contributed by atoms with E-state index in [-0.39, 0.29) is 23.4 Å². The van der Waals surface area contributed by atoms with Crippen molar-refractivity contribution in [2.45, 2.75) is 44.4 Å². The van der Waals surface area contributed by atoms with E-state index in [0.29, 0.717) is 40.4 Å². The average molecular weight is 589 g/mol. The molecule has 0 atom stereocenters. The topological polar surface area (TPSA) is 96.7 Å². The zero-order valence-corrected chi connectivity index (χ0v) is 23.6. The van der Waals surface area contributed by atoms with Gasteiger partial charge in [-0.15, -0.1) is 0 Å². The molecule has 2 N–H and O–H groups in total. The second-order valence-corrected chi connectivity index (χ2v) is 11.2. The quantitative estimate of drug-likeness (QED) is 0.227. The van der Waals surface area contributed by atoms with Gasteiger partial charge in [-0.05, 0) is 98.0 Å². The molecule has 1 aliphatic heterocycles. The SMILES string of the molecule is O=C(O)c1ccc(OC2CCN(Cc3cc(NC(=O)c4ncn(C5CC5)c4-c4ccc(F)cc4)ccc3Cl)CC2)cc1. The highest BCUT2D eigenvalue weighted by atomic mass is 35.5. The number of carboxylic acids is 1. The maximum Gasteiger partial charge on any atom is 0.335 e. The predicted molar refractivity (Wildman–Crippen MR) is 158 cm³/mol. The summed E-state index contributed by atoms with van der Waals surface area (Å²) in [5.41, 5.74) is 3.48. The molecule has 2 heterocycles. The minimum atomic E-state index is -0.962. The Balaban J connectivity index is 1.09. The second kappa shape index (κ2) is 12.0. The maximum absolute atomic E-state index is 13.6. The summed E-state index contributed by atoms with van der Waals surface area (Å²) in [5, 5.41) is 12.7. The van der Waals surface area contributed by atoms with Gasteiger partial charge < -0.3 is 19.7 Å². The summed E-state index contributed by atoms with van der Waals surface area (Å²) in [6, 6.07) is 18.3. The summed E-state index contributed by atoms with van der Waals surface area (Å²) >= 11 is 6.55. The van der Waals surface area contributed by atoms with Crippen LogP contribution < -0.4 is 10.1 Å². The molecule has 4 aromatic rings. The van der Waals surface area contributed by atoms with Gasteiger partial charge in [0.2, 0.25) is 0 Å². The Hall–Kier alpha value is -4.21. The Labute approximate surface area is 247 Å². The van der Waals surface area contributed by atoms with Gasteiger partial charge in [-0.3, -0.25) is 9.69 Å². The molecule has 0 unspecified atom stereocenters. The molecule has 42 heavy (non-hydrogen) atoms. The summed E-state index contributed by atoms with van der Waals surface area (Å²) in [5.74, 6) is -0.970. The number of ether oxygens (including phenoxy) is 1. The van der Waals surface area contributed by atoms with E-state index in [4.69, 9.17) is 21.4 Å². The van der Waals surface area contributed by atoms with Gasteiger partial charge in [-0.1, -0.05) is 11.6 Å². The second-order valence-electron chi connectivity index (χ2n) is 10.8. The van der Waals surface area contributed by atoms with E-state index < -0.39 is 5.97 Å². The number of piperidine rings is 1. The number of hydrogen-bond donors (Lipinski definition) is 2. The fourth-order valence-corrected chi connectivity index (χ4v) is 5.49. The van der Waals surface area contributed by atoms with Gasteiger partial charge in [0.25, 0.3) is 5.91 Å². The van der Waals surface area contributed by atoms with E-state index in [1.165, 1.54) is 12.1 Å². The van der Waals surface area contributed by atoms with E-state index >= 15 is 0 Å². The lowest BCUT2D eigenvalue weighted by Crippen LogP contribution is -2.37. The molecule has 1 saturated carbocycles. The first-order valence-electron chi connectivity index (χ1n) is 14.0. The van der Waals surface area contributed by atoms with Crippen molar-refractivity contribution in [1.82, 2.24) is 14.5 Å². The molecule has 10 heteroatoms. The van der Waals surface area contributed by atoms with Crippen LogP contribution in [0.5, 0.6) is 5.75 Å². The Morgan fingerprint density at radius 2 is 1.71 bits per heavy atom. The number of aromatic carboxylic acids is 1. The molecule has 0 bridgehead atoms. The largest absolute Gasteiger partial charge is 0.490 e. The van der Waals surface area contributed by atoms with Crippen molar-refractivity contribution in [3.8, 4) is 17.0 Å². The summed E-state index contributed by atoms with van der Waals surface area (Å²) < 4.78 is 21.7. The molecular weight excluding hydrogens is 559 g/mol. The number of carbonyl (C=O) groups is 2. The van der Waals surface area contributed by atoms with Crippen molar-refractivity contribution in [2.24, 2.45) is 0 Å². The van der Waals surface area contributed by atoms with Crippen LogP contribution in [-0.4, -0.2) is 50.6 Å². The van der Waals surface area contributed by atoms with Gasteiger partial charge >= 0.3 is 5.97 Å². The average Bonchev–Trinajstić information content (AvgIpc) is 3.74. The lowest BCUT2D eigenvalue weighted by Gasteiger charge is -2.32. The highest BCUT2D eigenvalue weighted by Gasteiger charge is 2.30. The van der Waals surface area contributed by atoms with Gasteiger partial charge in [0.05, 0.1) is 17.6 Å². The number of carboxylic acid groups (broad SMARTS) is 1. The standard InChI is InChI=1S/C32H30ClFN4O4/c33-28-12-7-24(36-31(39)29-30(20-1-5-23(34)6-2-20)38(19-35-29)25-8-9-25)17-22(28)18-37-15-13-27(14-16-37)42-26-10-3-21(4-11-26)32(40)41/h1-7,10-12,17,19,25,27H,8-9,13-16,18H2,(H,36,39)(H,40,41). The molecule has 0 radical (unpaired) electrons. The zero-order valence-electron chi connectivity index (χ0n) is 22.8. The fraction of sp³-hybridized carbons (Fsp3) is 0.281. The van der Waals surface area contributed by atoms with Crippen LogP contribution in [0.1, 0.15) is 58.1 Å². The molecule has 6 rings (SSSR count). The van der Waals surface area contributed by atoms with E-state index in [0.717, 1.165) is 49.9 Å². The van der Waals surface area contributed by atoms with Gasteiger partial charge in [-0.25, -0.2) is 14.2 Å². The van der Waals surface area contributed by atoms with Crippen LogP contribution in [0.15, 0.2) is 73.1 Å².